The lowest BCUT2D eigenvalue weighted by atomic mass is 10.2. The molecule has 0 unspecified atom stereocenters. The van der Waals surface area contributed by atoms with Gasteiger partial charge in [-0.25, -0.2) is 0 Å². The Hall–Kier alpha value is -1.35. The first-order chi connectivity index (χ1) is 6.66. The van der Waals surface area contributed by atoms with Gasteiger partial charge in [0.05, 0.1) is 16.4 Å². The van der Waals surface area contributed by atoms with Crippen LogP contribution in [0.1, 0.15) is 12.5 Å². The fourth-order valence-corrected chi connectivity index (χ4v) is 1.14. The number of aromatic nitrogens is 1. The van der Waals surface area contributed by atoms with Crippen molar-refractivity contribution in [3.63, 3.8) is 0 Å². The van der Waals surface area contributed by atoms with Gasteiger partial charge >= 0.3 is 0 Å². The number of hydrogen-bond acceptors (Lipinski definition) is 3. The average molecular weight is 210 g/mol. The Morgan fingerprint density at radius 3 is 2.79 bits per heavy atom. The van der Waals surface area contributed by atoms with Crippen LogP contribution in [0.2, 0.25) is 0 Å². The van der Waals surface area contributed by atoms with Gasteiger partial charge in [0, 0.05) is 25.0 Å². The Labute approximate surface area is 88.3 Å². The molecule has 0 fully saturated rings. The lowest BCUT2D eigenvalue weighted by molar-refractivity contribution is 1.30. The highest BCUT2D eigenvalue weighted by atomic mass is 35.5. The molecule has 2 N–H and O–H groups in total. The predicted molar refractivity (Wildman–Crippen MR) is 60.2 cm³/mol. The second kappa shape index (κ2) is 4.77. The predicted octanol–water partition coefficient (Wildman–Crippen LogP) is 2.04. The zero-order chi connectivity index (χ0) is 10.6. The highest BCUT2D eigenvalue weighted by Gasteiger charge is 2.05. The van der Waals surface area contributed by atoms with E-state index in [2.05, 4.69) is 9.98 Å². The van der Waals surface area contributed by atoms with Crippen molar-refractivity contribution < 1.29 is 0 Å². The van der Waals surface area contributed by atoms with Gasteiger partial charge in [-0.2, -0.15) is 0 Å². The SMILES string of the molecule is CN=C(C)C(Cl)=C(N)c1cccnc1. The topological polar surface area (TPSA) is 51.3 Å². The first-order valence-corrected chi connectivity index (χ1v) is 4.54. The van der Waals surface area contributed by atoms with Crippen molar-refractivity contribution in [1.29, 1.82) is 0 Å². The number of halogens is 1. The monoisotopic (exact) mass is 209 g/mol. The number of nitrogens with two attached hydrogens (primary N) is 1. The summed E-state index contributed by atoms with van der Waals surface area (Å²) < 4.78 is 0. The molecule has 0 aliphatic carbocycles. The Bertz CT molecular complexity index is 368. The minimum absolute atomic E-state index is 0.473. The molecule has 1 heterocycles. The van der Waals surface area contributed by atoms with E-state index in [1.165, 1.54) is 0 Å². The highest BCUT2D eigenvalue weighted by Crippen LogP contribution is 2.16. The Kier molecular flexibility index (Phi) is 3.65. The molecular formula is C10H12ClN3. The van der Waals surface area contributed by atoms with Crippen LogP contribution in [0.25, 0.3) is 5.70 Å². The summed E-state index contributed by atoms with van der Waals surface area (Å²) in [5.74, 6) is 0. The zero-order valence-electron chi connectivity index (χ0n) is 8.16. The molecule has 0 spiro atoms. The third-order valence-corrected chi connectivity index (χ3v) is 2.34. The van der Waals surface area contributed by atoms with Crippen molar-refractivity contribution in [2.45, 2.75) is 6.92 Å². The maximum Gasteiger partial charge on any atom is 0.0849 e. The number of rotatable bonds is 2. The van der Waals surface area contributed by atoms with E-state index in [9.17, 15) is 0 Å². The minimum Gasteiger partial charge on any atom is -0.397 e. The summed E-state index contributed by atoms with van der Waals surface area (Å²) in [7, 11) is 1.67. The number of hydrogen-bond donors (Lipinski definition) is 1. The van der Waals surface area contributed by atoms with Gasteiger partial charge in [-0.15, -0.1) is 0 Å². The van der Waals surface area contributed by atoms with Crippen molar-refractivity contribution in [2.24, 2.45) is 10.7 Å². The molecule has 0 saturated heterocycles. The van der Waals surface area contributed by atoms with Crippen LogP contribution >= 0.6 is 11.6 Å². The van der Waals surface area contributed by atoms with Crippen LogP contribution in [-0.2, 0) is 0 Å². The fourth-order valence-electron chi connectivity index (χ4n) is 0.942. The number of nitrogens with zero attached hydrogens (tertiary/aromatic N) is 2. The molecule has 14 heavy (non-hydrogen) atoms. The van der Waals surface area contributed by atoms with Gasteiger partial charge in [-0.05, 0) is 19.1 Å². The Balaban J connectivity index is 3.12. The average Bonchev–Trinajstić information content (AvgIpc) is 2.27. The summed E-state index contributed by atoms with van der Waals surface area (Å²) in [5.41, 5.74) is 7.87. The molecule has 1 rings (SSSR count). The summed E-state index contributed by atoms with van der Waals surface area (Å²) in [5, 5.41) is 0.473. The molecule has 1 aromatic rings. The van der Waals surface area contributed by atoms with Crippen molar-refractivity contribution >= 4 is 23.0 Å². The smallest absolute Gasteiger partial charge is 0.0849 e. The van der Waals surface area contributed by atoms with E-state index in [0.29, 0.717) is 16.4 Å². The molecule has 0 atom stereocenters. The molecule has 0 aromatic carbocycles. The number of pyridine rings is 1. The van der Waals surface area contributed by atoms with Gasteiger partial charge < -0.3 is 5.73 Å². The summed E-state index contributed by atoms with van der Waals surface area (Å²) in [6, 6.07) is 3.67. The fraction of sp³-hybridized carbons (Fsp3) is 0.200. The van der Waals surface area contributed by atoms with Crippen LogP contribution in [-0.4, -0.2) is 17.7 Å². The molecule has 0 amide bonds. The van der Waals surface area contributed by atoms with E-state index in [-0.39, 0.29) is 0 Å². The van der Waals surface area contributed by atoms with Crippen LogP contribution in [0.15, 0.2) is 34.6 Å². The first kappa shape index (κ1) is 10.7. The second-order valence-electron chi connectivity index (χ2n) is 2.78. The van der Waals surface area contributed by atoms with Crippen LogP contribution in [0.4, 0.5) is 0 Å². The number of aliphatic imine (C=N–C) groups is 1. The van der Waals surface area contributed by atoms with E-state index >= 15 is 0 Å². The highest BCUT2D eigenvalue weighted by molar-refractivity contribution is 6.46. The van der Waals surface area contributed by atoms with Crippen LogP contribution < -0.4 is 5.73 Å². The molecule has 0 radical (unpaired) electrons. The summed E-state index contributed by atoms with van der Waals surface area (Å²) in [6.07, 6.45) is 3.35. The van der Waals surface area contributed by atoms with E-state index in [1.807, 2.05) is 19.1 Å². The lowest BCUT2D eigenvalue weighted by Crippen LogP contribution is -2.04. The third kappa shape index (κ3) is 2.33. The lowest BCUT2D eigenvalue weighted by Gasteiger charge is -2.04. The van der Waals surface area contributed by atoms with Crippen LogP contribution in [0.5, 0.6) is 0 Å². The van der Waals surface area contributed by atoms with Crippen molar-refractivity contribution in [3.05, 3.63) is 35.1 Å². The van der Waals surface area contributed by atoms with Crippen LogP contribution in [0, 0.1) is 0 Å². The quantitative estimate of drug-likeness (QED) is 0.758. The molecule has 0 bridgehead atoms. The van der Waals surface area contributed by atoms with Gasteiger partial charge in [-0.3, -0.25) is 9.98 Å². The largest absolute Gasteiger partial charge is 0.397 e. The van der Waals surface area contributed by atoms with Gasteiger partial charge in [0.15, 0.2) is 0 Å². The van der Waals surface area contributed by atoms with Crippen molar-refractivity contribution in [2.75, 3.05) is 7.05 Å². The molecule has 3 nitrogen and oxygen atoms in total. The second-order valence-corrected chi connectivity index (χ2v) is 3.16. The molecule has 0 saturated carbocycles. The summed E-state index contributed by atoms with van der Waals surface area (Å²) in [4.78, 5) is 7.92. The molecule has 0 aliphatic rings. The Morgan fingerprint density at radius 1 is 1.57 bits per heavy atom. The molecule has 0 aliphatic heterocycles. The van der Waals surface area contributed by atoms with E-state index in [1.54, 1.807) is 19.4 Å². The summed E-state index contributed by atoms with van der Waals surface area (Å²) >= 11 is 6.01. The van der Waals surface area contributed by atoms with Gasteiger partial charge in [-0.1, -0.05) is 11.6 Å². The van der Waals surface area contributed by atoms with Crippen molar-refractivity contribution in [1.82, 2.24) is 4.98 Å². The normalized spacial score (nSPS) is 13.8. The van der Waals surface area contributed by atoms with Gasteiger partial charge in [0.2, 0.25) is 0 Å². The first-order valence-electron chi connectivity index (χ1n) is 4.16. The molecule has 74 valence electrons. The third-order valence-electron chi connectivity index (χ3n) is 1.86. The van der Waals surface area contributed by atoms with E-state index < -0.39 is 0 Å². The number of allylic oxidation sites excluding steroid dienone is 1. The summed E-state index contributed by atoms with van der Waals surface area (Å²) in [6.45, 7) is 1.81. The maximum absolute atomic E-state index is 6.01. The van der Waals surface area contributed by atoms with E-state index in [0.717, 1.165) is 5.56 Å². The minimum atomic E-state index is 0.473. The maximum atomic E-state index is 6.01. The Morgan fingerprint density at radius 2 is 2.29 bits per heavy atom. The molecule has 1 aromatic heterocycles. The van der Waals surface area contributed by atoms with Gasteiger partial charge in [0.25, 0.3) is 0 Å². The molecular weight excluding hydrogens is 198 g/mol. The zero-order valence-corrected chi connectivity index (χ0v) is 8.92. The standard InChI is InChI=1S/C10H12ClN3/c1-7(13-2)9(11)10(12)8-4-3-5-14-6-8/h3-6H,12H2,1-2H3. The molecule has 4 heteroatoms. The van der Waals surface area contributed by atoms with Gasteiger partial charge in [0.1, 0.15) is 0 Å². The van der Waals surface area contributed by atoms with Crippen molar-refractivity contribution in [3.8, 4) is 0 Å². The van der Waals surface area contributed by atoms with E-state index in [4.69, 9.17) is 17.3 Å². The van der Waals surface area contributed by atoms with Crippen LogP contribution in [0.3, 0.4) is 0 Å².